The zero-order valence-electron chi connectivity index (χ0n) is 22.7. The molecule has 2 rings (SSSR count). The van der Waals surface area contributed by atoms with Crippen LogP contribution in [0.25, 0.3) is 0 Å². The van der Waals surface area contributed by atoms with Crippen molar-refractivity contribution in [2.75, 3.05) is 32.7 Å². The minimum Gasteiger partial charge on any atom is -0.496 e. The molecule has 0 saturated carbocycles. The van der Waals surface area contributed by atoms with Gasteiger partial charge in [0.25, 0.3) is 0 Å². The van der Waals surface area contributed by atoms with E-state index in [1.165, 1.54) is 0 Å². The fourth-order valence-electron chi connectivity index (χ4n) is 3.94. The molecule has 0 N–H and O–H groups in total. The van der Waals surface area contributed by atoms with Gasteiger partial charge >= 0.3 is 5.97 Å². The number of nitriles is 1. The van der Waals surface area contributed by atoms with Crippen LogP contribution < -0.4 is 9.47 Å². The maximum absolute atomic E-state index is 12.6. The highest BCUT2D eigenvalue weighted by Gasteiger charge is 2.38. The smallest absolute Gasteiger partial charge is 0.342 e. The second-order valence-corrected chi connectivity index (χ2v) is 12.5. The van der Waals surface area contributed by atoms with Gasteiger partial charge in [0.2, 0.25) is 0 Å². The Kier molecular flexibility index (Phi) is 15.3. The van der Waals surface area contributed by atoms with Crippen molar-refractivity contribution in [1.29, 1.82) is 5.26 Å². The Morgan fingerprint density at radius 3 is 2.44 bits per heavy atom. The molecule has 1 heterocycles. The zero-order chi connectivity index (χ0) is 27.3. The Labute approximate surface area is 234 Å². The van der Waals surface area contributed by atoms with E-state index in [2.05, 4.69) is 33.4 Å². The third kappa shape index (κ3) is 8.22. The number of carbonyl (C=O) groups is 1. The topological polar surface area (TPSA) is 87.0 Å². The SMILES string of the molecule is CC.CCOP(OCC)C(C)(C#N)C/C(C)=C/Cc1c(OC)c(C)c2c(c1OCCSI)C(=O)OC2. The van der Waals surface area contributed by atoms with E-state index in [-0.39, 0.29) is 12.6 Å². The van der Waals surface area contributed by atoms with Crippen LogP contribution >= 0.6 is 38.5 Å². The first-order valence-corrected chi connectivity index (χ1v) is 16.9. The predicted octanol–water partition coefficient (Wildman–Crippen LogP) is 7.71. The van der Waals surface area contributed by atoms with E-state index in [1.807, 2.05) is 48.5 Å². The normalized spacial score (nSPS) is 14.4. The molecule has 7 nitrogen and oxygen atoms in total. The maximum Gasteiger partial charge on any atom is 0.342 e. The monoisotopic (exact) mass is 651 g/mol. The Balaban J connectivity index is 0.00000316. The summed E-state index contributed by atoms with van der Waals surface area (Å²) in [4.78, 5) is 12.6. The van der Waals surface area contributed by atoms with Crippen molar-refractivity contribution >= 4 is 44.5 Å². The summed E-state index contributed by atoms with van der Waals surface area (Å²) in [6.45, 7) is 15.3. The fourth-order valence-corrected chi connectivity index (χ4v) is 6.20. The highest BCUT2D eigenvalue weighted by atomic mass is 127. The first-order chi connectivity index (χ1) is 17.3. The fraction of sp³-hybridized carbons (Fsp3) is 0.615. The van der Waals surface area contributed by atoms with Crippen LogP contribution in [0.3, 0.4) is 0 Å². The standard InChI is InChI=1S/C24H33INO6PS.C2H6/c1-7-31-33(32-8-2)24(5,15-26)13-16(3)9-10-18-21(28-6)17(4)19-14-30-23(27)20(19)22(18)29-11-12-34-25;1-2/h9H,7-8,10-14H2,1-6H3;1-2H3/b16-9+;. The minimum atomic E-state index is -1.36. The zero-order valence-corrected chi connectivity index (χ0v) is 26.5. The number of cyclic esters (lactones) is 1. The van der Waals surface area contributed by atoms with Gasteiger partial charge in [0.15, 0.2) is 8.38 Å². The number of methoxy groups -OCH3 is 1. The number of halogens is 1. The molecule has 10 heteroatoms. The number of ether oxygens (including phenoxy) is 3. The van der Waals surface area contributed by atoms with Crippen molar-refractivity contribution in [3.63, 3.8) is 0 Å². The Morgan fingerprint density at radius 1 is 1.28 bits per heavy atom. The van der Waals surface area contributed by atoms with Gasteiger partial charge in [-0.3, -0.25) is 0 Å². The molecule has 0 aromatic heterocycles. The first kappa shape index (κ1) is 33.0. The molecule has 1 aromatic carbocycles. The molecule has 1 aromatic rings. The van der Waals surface area contributed by atoms with Crippen LogP contribution in [0, 0.1) is 18.3 Å². The van der Waals surface area contributed by atoms with Crippen molar-refractivity contribution in [1.82, 2.24) is 0 Å². The molecule has 0 amide bonds. The minimum absolute atomic E-state index is 0.224. The average Bonchev–Trinajstić information content (AvgIpc) is 3.27. The maximum atomic E-state index is 12.6. The number of nitrogens with zero attached hydrogens (tertiary/aromatic N) is 1. The molecule has 202 valence electrons. The van der Waals surface area contributed by atoms with Gasteiger partial charge < -0.3 is 23.3 Å². The number of hydrogen-bond acceptors (Lipinski definition) is 8. The van der Waals surface area contributed by atoms with Crippen LogP contribution in [0.5, 0.6) is 11.5 Å². The Morgan fingerprint density at radius 2 is 1.92 bits per heavy atom. The highest BCUT2D eigenvalue weighted by Crippen LogP contribution is 2.54. The molecule has 1 atom stereocenters. The van der Waals surface area contributed by atoms with Gasteiger partial charge in [-0.1, -0.05) is 34.4 Å². The molecule has 1 aliphatic heterocycles. The molecule has 0 spiro atoms. The lowest BCUT2D eigenvalue weighted by molar-refractivity contribution is 0.0532. The number of esters is 1. The largest absolute Gasteiger partial charge is 0.496 e. The van der Waals surface area contributed by atoms with Crippen molar-refractivity contribution in [2.45, 2.75) is 73.1 Å². The number of rotatable bonds is 14. The van der Waals surface area contributed by atoms with Crippen LogP contribution in [0.1, 0.15) is 75.0 Å². The summed E-state index contributed by atoms with van der Waals surface area (Å²) in [6.07, 6.45) is 3.06. The molecule has 36 heavy (non-hydrogen) atoms. The molecule has 0 aliphatic carbocycles. The van der Waals surface area contributed by atoms with E-state index in [0.29, 0.717) is 49.7 Å². The summed E-state index contributed by atoms with van der Waals surface area (Å²) >= 11 is 2.22. The molecule has 0 radical (unpaired) electrons. The van der Waals surface area contributed by atoms with Crippen LogP contribution in [0.15, 0.2) is 11.6 Å². The van der Waals surface area contributed by atoms with Gasteiger partial charge in [0.1, 0.15) is 28.8 Å². The summed E-state index contributed by atoms with van der Waals surface area (Å²) in [5, 5.41) is 9.17. The van der Waals surface area contributed by atoms with E-state index in [9.17, 15) is 10.1 Å². The Hall–Kier alpha value is -1.05. The predicted molar refractivity (Wildman–Crippen MR) is 156 cm³/mol. The number of allylic oxidation sites excluding steroid dienone is 2. The van der Waals surface area contributed by atoms with Gasteiger partial charge in [-0.15, -0.1) is 0 Å². The lowest BCUT2D eigenvalue weighted by atomic mass is 9.94. The van der Waals surface area contributed by atoms with Crippen LogP contribution in [0.2, 0.25) is 0 Å². The van der Waals surface area contributed by atoms with E-state index < -0.39 is 13.5 Å². The van der Waals surface area contributed by atoms with Crippen LogP contribution in [0.4, 0.5) is 0 Å². The molecule has 1 aliphatic rings. The molecular formula is C26H39INO6PS. The second-order valence-electron chi connectivity index (χ2n) is 7.97. The lowest BCUT2D eigenvalue weighted by Crippen LogP contribution is -2.23. The second kappa shape index (κ2) is 16.7. The Bertz CT molecular complexity index is 946. The summed E-state index contributed by atoms with van der Waals surface area (Å²) < 4.78 is 28.8. The molecule has 0 saturated heterocycles. The molecule has 1 unspecified atom stereocenters. The first-order valence-electron chi connectivity index (χ1n) is 12.2. The third-order valence-corrected chi connectivity index (χ3v) is 9.14. The average molecular weight is 652 g/mol. The van der Waals surface area contributed by atoms with Crippen molar-refractivity contribution in [2.24, 2.45) is 0 Å². The van der Waals surface area contributed by atoms with E-state index in [4.69, 9.17) is 23.3 Å². The summed E-state index contributed by atoms with van der Waals surface area (Å²) in [5.74, 6) is 1.65. The lowest BCUT2D eigenvalue weighted by Gasteiger charge is -2.30. The molecule has 0 bridgehead atoms. The van der Waals surface area contributed by atoms with Crippen LogP contribution in [-0.4, -0.2) is 43.8 Å². The molecule has 0 fully saturated rings. The van der Waals surface area contributed by atoms with Gasteiger partial charge in [-0.05, 0) is 74.2 Å². The summed E-state index contributed by atoms with van der Waals surface area (Å²) in [7, 11) is 1.91. The van der Waals surface area contributed by atoms with E-state index >= 15 is 0 Å². The molecular weight excluding hydrogens is 612 g/mol. The van der Waals surface area contributed by atoms with Gasteiger partial charge in [-0.2, -0.15) is 5.26 Å². The third-order valence-electron chi connectivity index (χ3n) is 5.45. The summed E-state index contributed by atoms with van der Waals surface area (Å²) in [6, 6.07) is 2.42. The van der Waals surface area contributed by atoms with Gasteiger partial charge in [0.05, 0.1) is 33.0 Å². The van der Waals surface area contributed by atoms with E-state index in [0.717, 1.165) is 28.0 Å². The number of hydrogen-bond donors (Lipinski definition) is 0. The van der Waals surface area contributed by atoms with Crippen molar-refractivity contribution < 1.29 is 28.1 Å². The number of fused-ring (bicyclic) bond motifs is 1. The van der Waals surface area contributed by atoms with Gasteiger partial charge in [0, 0.05) is 16.9 Å². The summed E-state index contributed by atoms with van der Waals surface area (Å²) in [5.41, 5.74) is 4.03. The van der Waals surface area contributed by atoms with Crippen molar-refractivity contribution in [3.8, 4) is 17.6 Å². The van der Waals surface area contributed by atoms with Gasteiger partial charge in [-0.25, -0.2) is 4.79 Å². The number of benzene rings is 1. The highest BCUT2D eigenvalue weighted by molar-refractivity contribution is 14.2. The number of carbonyl (C=O) groups excluding carboxylic acids is 1. The van der Waals surface area contributed by atoms with Crippen LogP contribution in [-0.2, 0) is 26.8 Å². The van der Waals surface area contributed by atoms with Crippen molar-refractivity contribution in [3.05, 3.63) is 33.9 Å². The van der Waals surface area contributed by atoms with E-state index in [1.54, 1.807) is 16.0 Å². The quantitative estimate of drug-likeness (QED) is 0.0665.